The van der Waals surface area contributed by atoms with Crippen LogP contribution in [0.1, 0.15) is 12.0 Å². The van der Waals surface area contributed by atoms with Gasteiger partial charge in [0.1, 0.15) is 11.6 Å². The largest absolute Gasteiger partial charge is 0.497 e. The summed E-state index contributed by atoms with van der Waals surface area (Å²) in [6.07, 6.45) is 4.55. The van der Waals surface area contributed by atoms with Crippen LogP contribution in [0.5, 0.6) is 5.75 Å². The first kappa shape index (κ1) is 20.1. The fourth-order valence-electron chi connectivity index (χ4n) is 2.61. The van der Waals surface area contributed by atoms with E-state index in [0.29, 0.717) is 37.6 Å². The number of nitrogens with one attached hydrogen (secondary N) is 3. The lowest BCUT2D eigenvalue weighted by Gasteiger charge is -2.08. The van der Waals surface area contributed by atoms with Gasteiger partial charge in [0.15, 0.2) is 5.82 Å². The minimum Gasteiger partial charge on any atom is -0.497 e. The number of carbonyl (C=O) groups is 1. The van der Waals surface area contributed by atoms with Crippen molar-refractivity contribution in [1.29, 1.82) is 0 Å². The number of hydrogen-bond donors (Lipinski definition) is 3. The standard InChI is InChI=1S/C21H24N6O2/c1-29-18-5-2-16(3-6-18)4-9-21(28)24-15-14-23-19-7-8-20(27-26-19)25-17-10-12-22-13-11-17/h2-3,5-8,10-13H,4,9,14-15H2,1H3,(H,23,26)(H,24,28)(H,22,25,27). The van der Waals surface area contributed by atoms with Gasteiger partial charge in [-0.05, 0) is 48.4 Å². The molecule has 0 unspecified atom stereocenters. The molecule has 0 atom stereocenters. The van der Waals surface area contributed by atoms with Gasteiger partial charge >= 0.3 is 0 Å². The lowest BCUT2D eigenvalue weighted by atomic mass is 10.1. The van der Waals surface area contributed by atoms with Crippen molar-refractivity contribution in [3.8, 4) is 5.75 Å². The summed E-state index contributed by atoms with van der Waals surface area (Å²) in [4.78, 5) is 15.9. The summed E-state index contributed by atoms with van der Waals surface area (Å²) in [6, 6.07) is 15.1. The summed E-state index contributed by atoms with van der Waals surface area (Å²) >= 11 is 0. The zero-order chi connectivity index (χ0) is 20.3. The molecule has 0 bridgehead atoms. The van der Waals surface area contributed by atoms with E-state index >= 15 is 0 Å². The smallest absolute Gasteiger partial charge is 0.220 e. The third-order valence-corrected chi connectivity index (χ3v) is 4.17. The summed E-state index contributed by atoms with van der Waals surface area (Å²) < 4.78 is 5.13. The van der Waals surface area contributed by atoms with Crippen molar-refractivity contribution in [2.75, 3.05) is 30.8 Å². The highest BCUT2D eigenvalue weighted by Crippen LogP contribution is 2.13. The molecule has 3 rings (SSSR count). The summed E-state index contributed by atoms with van der Waals surface area (Å²) in [5.41, 5.74) is 2.00. The molecule has 0 aliphatic carbocycles. The number of hydrogen-bond acceptors (Lipinski definition) is 7. The zero-order valence-electron chi connectivity index (χ0n) is 16.3. The minimum atomic E-state index is 0.0191. The summed E-state index contributed by atoms with van der Waals surface area (Å²) in [6.45, 7) is 1.08. The van der Waals surface area contributed by atoms with Crippen molar-refractivity contribution in [2.24, 2.45) is 0 Å². The third kappa shape index (κ3) is 6.76. The van der Waals surface area contributed by atoms with E-state index in [9.17, 15) is 4.79 Å². The number of amides is 1. The quantitative estimate of drug-likeness (QED) is 0.456. The Hall–Kier alpha value is -3.68. The van der Waals surface area contributed by atoms with Gasteiger partial charge in [-0.1, -0.05) is 12.1 Å². The highest BCUT2D eigenvalue weighted by atomic mass is 16.5. The monoisotopic (exact) mass is 392 g/mol. The second-order valence-corrected chi connectivity index (χ2v) is 6.29. The lowest BCUT2D eigenvalue weighted by Crippen LogP contribution is -2.29. The number of pyridine rings is 1. The Balaban J connectivity index is 1.32. The second kappa shape index (κ2) is 10.6. The number of aromatic nitrogens is 3. The van der Waals surface area contributed by atoms with E-state index in [2.05, 4.69) is 31.1 Å². The predicted molar refractivity (Wildman–Crippen MR) is 112 cm³/mol. The van der Waals surface area contributed by atoms with Crippen LogP contribution in [0.3, 0.4) is 0 Å². The molecular weight excluding hydrogens is 368 g/mol. The van der Waals surface area contributed by atoms with E-state index in [4.69, 9.17) is 4.74 Å². The van der Waals surface area contributed by atoms with E-state index < -0.39 is 0 Å². The normalized spacial score (nSPS) is 10.2. The number of benzene rings is 1. The molecule has 0 fully saturated rings. The molecule has 2 heterocycles. The summed E-state index contributed by atoms with van der Waals surface area (Å²) in [7, 11) is 1.63. The van der Waals surface area contributed by atoms with E-state index in [-0.39, 0.29) is 5.91 Å². The van der Waals surface area contributed by atoms with Crippen LogP contribution in [-0.4, -0.2) is 41.3 Å². The number of ether oxygens (including phenoxy) is 1. The van der Waals surface area contributed by atoms with Gasteiger partial charge in [-0.2, -0.15) is 0 Å². The Labute approximate surface area is 169 Å². The van der Waals surface area contributed by atoms with Gasteiger partial charge in [0.05, 0.1) is 7.11 Å². The number of rotatable bonds is 10. The van der Waals surface area contributed by atoms with E-state index in [1.807, 2.05) is 48.5 Å². The molecule has 8 heteroatoms. The maximum atomic E-state index is 12.0. The van der Waals surface area contributed by atoms with E-state index in [1.54, 1.807) is 19.5 Å². The molecule has 1 aromatic carbocycles. The van der Waals surface area contributed by atoms with Crippen molar-refractivity contribution >= 4 is 23.2 Å². The van der Waals surface area contributed by atoms with Crippen LogP contribution in [-0.2, 0) is 11.2 Å². The molecule has 29 heavy (non-hydrogen) atoms. The van der Waals surface area contributed by atoms with Crippen LogP contribution in [0.15, 0.2) is 60.9 Å². The van der Waals surface area contributed by atoms with Gasteiger partial charge < -0.3 is 20.7 Å². The first-order valence-electron chi connectivity index (χ1n) is 9.37. The highest BCUT2D eigenvalue weighted by molar-refractivity contribution is 5.76. The summed E-state index contributed by atoms with van der Waals surface area (Å²) in [5.74, 6) is 2.13. The Kier molecular flexibility index (Phi) is 7.34. The van der Waals surface area contributed by atoms with Crippen molar-refractivity contribution in [3.05, 3.63) is 66.5 Å². The molecule has 8 nitrogen and oxygen atoms in total. The van der Waals surface area contributed by atoms with Crippen LogP contribution < -0.4 is 20.7 Å². The van der Waals surface area contributed by atoms with Crippen LogP contribution in [0, 0.1) is 0 Å². The van der Waals surface area contributed by atoms with Crippen molar-refractivity contribution < 1.29 is 9.53 Å². The van der Waals surface area contributed by atoms with Gasteiger partial charge in [-0.3, -0.25) is 9.78 Å². The molecule has 0 saturated carbocycles. The van der Waals surface area contributed by atoms with Crippen LogP contribution in [0.25, 0.3) is 0 Å². The topological polar surface area (TPSA) is 101 Å². The molecular formula is C21H24N6O2. The van der Waals surface area contributed by atoms with E-state index in [0.717, 1.165) is 17.0 Å². The fourth-order valence-corrected chi connectivity index (χ4v) is 2.61. The maximum Gasteiger partial charge on any atom is 0.220 e. The number of anilines is 3. The highest BCUT2D eigenvalue weighted by Gasteiger charge is 2.03. The summed E-state index contributed by atoms with van der Waals surface area (Å²) in [5, 5.41) is 17.4. The first-order chi connectivity index (χ1) is 14.2. The average Bonchev–Trinajstić information content (AvgIpc) is 2.77. The molecule has 0 aliphatic heterocycles. The third-order valence-electron chi connectivity index (χ3n) is 4.17. The molecule has 2 aromatic heterocycles. The number of aryl methyl sites for hydroxylation is 1. The van der Waals surface area contributed by atoms with Crippen LogP contribution >= 0.6 is 0 Å². The number of nitrogens with zero attached hydrogens (tertiary/aromatic N) is 3. The van der Waals surface area contributed by atoms with Crippen molar-refractivity contribution in [1.82, 2.24) is 20.5 Å². The van der Waals surface area contributed by atoms with Gasteiger partial charge in [-0.25, -0.2) is 0 Å². The predicted octanol–water partition coefficient (Wildman–Crippen LogP) is 2.78. The molecule has 0 aliphatic rings. The average molecular weight is 392 g/mol. The van der Waals surface area contributed by atoms with Crippen molar-refractivity contribution in [3.63, 3.8) is 0 Å². The Bertz CT molecular complexity index is 885. The van der Waals surface area contributed by atoms with Gasteiger partial charge in [0.25, 0.3) is 0 Å². The minimum absolute atomic E-state index is 0.0191. The number of methoxy groups -OCH3 is 1. The van der Waals surface area contributed by atoms with Crippen LogP contribution in [0.4, 0.5) is 17.3 Å². The van der Waals surface area contributed by atoms with Gasteiger partial charge in [0.2, 0.25) is 5.91 Å². The Morgan fingerprint density at radius 1 is 0.931 bits per heavy atom. The molecule has 0 saturated heterocycles. The number of carbonyl (C=O) groups excluding carboxylic acids is 1. The molecule has 0 spiro atoms. The van der Waals surface area contributed by atoms with Crippen molar-refractivity contribution in [2.45, 2.75) is 12.8 Å². The molecule has 3 N–H and O–H groups in total. The molecule has 3 aromatic rings. The maximum absolute atomic E-state index is 12.0. The SMILES string of the molecule is COc1ccc(CCC(=O)NCCNc2ccc(Nc3ccncc3)nn2)cc1. The Morgan fingerprint density at radius 2 is 1.66 bits per heavy atom. The van der Waals surface area contributed by atoms with Gasteiger partial charge in [-0.15, -0.1) is 10.2 Å². The first-order valence-corrected chi connectivity index (χ1v) is 9.37. The molecule has 1 amide bonds. The van der Waals surface area contributed by atoms with Gasteiger partial charge in [0, 0.05) is 37.6 Å². The van der Waals surface area contributed by atoms with E-state index in [1.165, 1.54) is 0 Å². The molecule has 0 radical (unpaired) electrons. The fraction of sp³-hybridized carbons (Fsp3) is 0.238. The molecule has 150 valence electrons. The Morgan fingerprint density at radius 3 is 2.34 bits per heavy atom. The second-order valence-electron chi connectivity index (χ2n) is 6.29. The lowest BCUT2D eigenvalue weighted by molar-refractivity contribution is -0.120. The van der Waals surface area contributed by atoms with Crippen LogP contribution in [0.2, 0.25) is 0 Å². The zero-order valence-corrected chi connectivity index (χ0v) is 16.3.